The summed E-state index contributed by atoms with van der Waals surface area (Å²) in [6.07, 6.45) is 4.91. The molecule has 0 heterocycles. The maximum Gasteiger partial charge on any atom is 0.0476 e. The quantitative estimate of drug-likeness (QED) is 0.494. The highest BCUT2D eigenvalue weighted by Gasteiger charge is 2.02. The Bertz CT molecular complexity index is 295. The third kappa shape index (κ3) is 4.04. The van der Waals surface area contributed by atoms with Crippen LogP contribution in [-0.2, 0) is 18.2 Å². The highest BCUT2D eigenvalue weighted by Crippen LogP contribution is 2.18. The first-order valence-corrected chi connectivity index (χ1v) is 6.61. The Morgan fingerprint density at radius 2 is 1.80 bits per heavy atom. The van der Waals surface area contributed by atoms with Crippen molar-refractivity contribution in [2.75, 3.05) is 0 Å². The molecule has 0 saturated heterocycles. The Morgan fingerprint density at radius 3 is 2.40 bits per heavy atom. The predicted molar refractivity (Wildman–Crippen MR) is 68.8 cm³/mol. The van der Waals surface area contributed by atoms with Crippen LogP contribution in [0.2, 0.25) is 0 Å². The lowest BCUT2D eigenvalue weighted by molar-refractivity contribution is 0.714. The smallest absolute Gasteiger partial charge is 0.0476 e. The molecule has 1 rings (SSSR count). The molecule has 0 N–H and O–H groups in total. The molecule has 0 atom stereocenters. The van der Waals surface area contributed by atoms with E-state index in [1.54, 1.807) is 0 Å². The molecule has 0 aromatic heterocycles. The summed E-state index contributed by atoms with van der Waals surface area (Å²) in [5.74, 6) is 1.19. The Labute approximate surface area is 103 Å². The van der Waals surface area contributed by atoms with Gasteiger partial charge >= 0.3 is 0 Å². The van der Waals surface area contributed by atoms with Crippen LogP contribution in [0.4, 0.5) is 0 Å². The zero-order valence-electron chi connectivity index (χ0n) is 9.23. The number of aryl methyl sites for hydroxylation is 1. The summed E-state index contributed by atoms with van der Waals surface area (Å²) in [5, 5.41) is 0. The Morgan fingerprint density at radius 1 is 1.00 bits per heavy atom. The van der Waals surface area contributed by atoms with E-state index < -0.39 is 0 Å². The maximum absolute atomic E-state index is 5.91. The van der Waals surface area contributed by atoms with Crippen molar-refractivity contribution in [1.82, 2.24) is 0 Å². The highest BCUT2D eigenvalue weighted by atomic mass is 35.5. The first-order valence-electron chi connectivity index (χ1n) is 5.54. The number of unbranched alkanes of at least 4 members (excludes halogenated alkanes) is 2. The standard InChI is InChI=1S/C13H18Cl2/c1-2-3-4-5-12-8-11(9-14)6-7-13(12)10-15/h6-8H,2-5,9-10H2,1H3. The first kappa shape index (κ1) is 12.9. The summed E-state index contributed by atoms with van der Waals surface area (Å²) in [4.78, 5) is 0. The Hall–Kier alpha value is -0.200. The van der Waals surface area contributed by atoms with Gasteiger partial charge in [-0.2, -0.15) is 0 Å². The summed E-state index contributed by atoms with van der Waals surface area (Å²) in [6, 6.07) is 6.36. The van der Waals surface area contributed by atoms with E-state index in [0.717, 1.165) is 6.42 Å². The maximum atomic E-state index is 5.91. The van der Waals surface area contributed by atoms with Crippen LogP contribution in [0.15, 0.2) is 18.2 Å². The Kier molecular flexibility index (Phi) is 6.12. The van der Waals surface area contributed by atoms with Crippen LogP contribution in [0.3, 0.4) is 0 Å². The van der Waals surface area contributed by atoms with E-state index in [9.17, 15) is 0 Å². The molecule has 1 aromatic rings. The molecule has 0 saturated carbocycles. The largest absolute Gasteiger partial charge is 0.122 e. The van der Waals surface area contributed by atoms with Crippen LogP contribution in [-0.4, -0.2) is 0 Å². The van der Waals surface area contributed by atoms with E-state index in [-0.39, 0.29) is 0 Å². The molecule has 0 amide bonds. The van der Waals surface area contributed by atoms with Crippen LogP contribution < -0.4 is 0 Å². The third-order valence-corrected chi connectivity index (χ3v) is 3.22. The molecule has 0 radical (unpaired) electrons. The average molecular weight is 245 g/mol. The van der Waals surface area contributed by atoms with E-state index in [1.165, 1.54) is 36.0 Å². The predicted octanol–water partition coefficient (Wildman–Crippen LogP) is 4.90. The van der Waals surface area contributed by atoms with E-state index in [4.69, 9.17) is 23.2 Å². The topological polar surface area (TPSA) is 0 Å². The third-order valence-electron chi connectivity index (χ3n) is 2.62. The van der Waals surface area contributed by atoms with Crippen LogP contribution >= 0.6 is 23.2 Å². The molecule has 2 heteroatoms. The Balaban J connectivity index is 2.72. The van der Waals surface area contributed by atoms with Gasteiger partial charge in [-0.05, 0) is 29.5 Å². The minimum atomic E-state index is 0.587. The number of benzene rings is 1. The lowest BCUT2D eigenvalue weighted by atomic mass is 10.00. The van der Waals surface area contributed by atoms with Crippen molar-refractivity contribution in [2.24, 2.45) is 0 Å². The number of alkyl halides is 2. The normalized spacial score (nSPS) is 10.6. The van der Waals surface area contributed by atoms with E-state index in [2.05, 4.69) is 25.1 Å². The number of rotatable bonds is 6. The van der Waals surface area contributed by atoms with Crippen molar-refractivity contribution in [3.05, 3.63) is 34.9 Å². The van der Waals surface area contributed by atoms with Gasteiger partial charge in [0.2, 0.25) is 0 Å². The van der Waals surface area contributed by atoms with E-state index in [1.807, 2.05) is 0 Å². The van der Waals surface area contributed by atoms with Gasteiger partial charge in [-0.3, -0.25) is 0 Å². The minimum Gasteiger partial charge on any atom is -0.122 e. The zero-order valence-corrected chi connectivity index (χ0v) is 10.7. The van der Waals surface area contributed by atoms with Crippen LogP contribution in [0.1, 0.15) is 42.9 Å². The van der Waals surface area contributed by atoms with Gasteiger partial charge < -0.3 is 0 Å². The second-order valence-corrected chi connectivity index (χ2v) is 4.36. The average Bonchev–Trinajstić information content (AvgIpc) is 2.29. The molecule has 0 bridgehead atoms. The molecule has 84 valence electrons. The van der Waals surface area contributed by atoms with Gasteiger partial charge in [0.1, 0.15) is 0 Å². The number of hydrogen-bond donors (Lipinski definition) is 0. The summed E-state index contributed by atoms with van der Waals surface area (Å²) in [7, 11) is 0. The van der Waals surface area contributed by atoms with E-state index in [0.29, 0.717) is 11.8 Å². The molecule has 0 unspecified atom stereocenters. The van der Waals surface area contributed by atoms with Crippen molar-refractivity contribution in [3.8, 4) is 0 Å². The zero-order chi connectivity index (χ0) is 11.1. The first-order chi connectivity index (χ1) is 7.31. The molecule has 0 aliphatic carbocycles. The molecular weight excluding hydrogens is 227 g/mol. The van der Waals surface area contributed by atoms with Crippen molar-refractivity contribution in [2.45, 2.75) is 44.4 Å². The SMILES string of the molecule is CCCCCc1cc(CCl)ccc1CCl. The van der Waals surface area contributed by atoms with Gasteiger partial charge in [-0.25, -0.2) is 0 Å². The summed E-state index contributed by atoms with van der Waals surface area (Å²) < 4.78 is 0. The molecule has 0 fully saturated rings. The number of hydrogen-bond acceptors (Lipinski definition) is 0. The molecule has 0 aliphatic rings. The second kappa shape index (κ2) is 7.14. The minimum absolute atomic E-state index is 0.587. The van der Waals surface area contributed by atoms with Gasteiger partial charge in [0.05, 0.1) is 0 Å². The van der Waals surface area contributed by atoms with Gasteiger partial charge in [-0.1, -0.05) is 38.0 Å². The molecule has 1 aromatic carbocycles. The summed E-state index contributed by atoms with van der Waals surface area (Å²) in [5.41, 5.74) is 3.82. The molecule has 15 heavy (non-hydrogen) atoms. The summed E-state index contributed by atoms with van der Waals surface area (Å²) in [6.45, 7) is 2.22. The second-order valence-electron chi connectivity index (χ2n) is 3.83. The monoisotopic (exact) mass is 244 g/mol. The van der Waals surface area contributed by atoms with Crippen molar-refractivity contribution < 1.29 is 0 Å². The molecule has 0 spiro atoms. The van der Waals surface area contributed by atoms with Crippen LogP contribution in [0.25, 0.3) is 0 Å². The van der Waals surface area contributed by atoms with Crippen molar-refractivity contribution >= 4 is 23.2 Å². The number of halogens is 2. The van der Waals surface area contributed by atoms with Crippen molar-refractivity contribution in [1.29, 1.82) is 0 Å². The lowest BCUT2D eigenvalue weighted by Crippen LogP contribution is -1.94. The fourth-order valence-corrected chi connectivity index (χ4v) is 2.12. The molecule has 0 aliphatic heterocycles. The van der Waals surface area contributed by atoms with Crippen LogP contribution in [0.5, 0.6) is 0 Å². The van der Waals surface area contributed by atoms with Gasteiger partial charge in [0.15, 0.2) is 0 Å². The van der Waals surface area contributed by atoms with Gasteiger partial charge in [-0.15, -0.1) is 23.2 Å². The van der Waals surface area contributed by atoms with E-state index >= 15 is 0 Å². The van der Waals surface area contributed by atoms with Gasteiger partial charge in [0.25, 0.3) is 0 Å². The lowest BCUT2D eigenvalue weighted by Gasteiger charge is -2.08. The van der Waals surface area contributed by atoms with Crippen LogP contribution in [0, 0.1) is 0 Å². The highest BCUT2D eigenvalue weighted by molar-refractivity contribution is 6.17. The summed E-state index contributed by atoms with van der Waals surface area (Å²) >= 11 is 11.7. The van der Waals surface area contributed by atoms with Gasteiger partial charge in [0, 0.05) is 11.8 Å². The fraction of sp³-hybridized carbons (Fsp3) is 0.538. The molecular formula is C13H18Cl2. The molecule has 0 nitrogen and oxygen atoms in total. The van der Waals surface area contributed by atoms with Crippen molar-refractivity contribution in [3.63, 3.8) is 0 Å². The fourth-order valence-electron chi connectivity index (χ4n) is 1.69.